The number of nitrogens with zero attached hydrogens (tertiary/aromatic N) is 1. The average molecular weight is 424 g/mol. The molecular formula is C24H19F3N2O2. The van der Waals surface area contributed by atoms with Gasteiger partial charge in [-0.15, -0.1) is 0 Å². The molecule has 0 fully saturated rings. The monoisotopic (exact) mass is 424 g/mol. The van der Waals surface area contributed by atoms with Crippen LogP contribution in [-0.4, -0.2) is 24.2 Å². The number of halogens is 3. The Bertz CT molecular complexity index is 1200. The summed E-state index contributed by atoms with van der Waals surface area (Å²) in [6.07, 6.45) is -4.44. The van der Waals surface area contributed by atoms with Gasteiger partial charge in [0, 0.05) is 16.7 Å². The van der Waals surface area contributed by atoms with Crippen LogP contribution in [0.1, 0.15) is 5.56 Å². The van der Waals surface area contributed by atoms with Gasteiger partial charge in [0.25, 0.3) is 0 Å². The first kappa shape index (κ1) is 20.5. The van der Waals surface area contributed by atoms with E-state index in [4.69, 9.17) is 9.47 Å². The first-order valence-corrected chi connectivity index (χ1v) is 9.46. The van der Waals surface area contributed by atoms with Gasteiger partial charge in [-0.25, -0.2) is 4.98 Å². The van der Waals surface area contributed by atoms with E-state index < -0.39 is 11.7 Å². The second-order valence-electron chi connectivity index (χ2n) is 6.82. The molecule has 0 unspecified atom stereocenters. The highest BCUT2D eigenvalue weighted by Gasteiger charge is 2.31. The van der Waals surface area contributed by atoms with Crippen LogP contribution < -0.4 is 9.47 Å². The van der Waals surface area contributed by atoms with Gasteiger partial charge < -0.3 is 14.5 Å². The maximum atomic E-state index is 13.3. The van der Waals surface area contributed by atoms with Crippen molar-refractivity contribution in [3.05, 3.63) is 78.4 Å². The standard InChI is InChI=1S/C24H19F3N2O2/c1-30-19-12-11-17(14-20(19)31-2)23-28-21(15-7-4-3-5-8-15)22(29-23)16-9-6-10-18(13-16)24(25,26)27/h3-14H,1-2H3,(H,28,29). The largest absolute Gasteiger partial charge is 0.493 e. The Hall–Kier alpha value is -3.74. The molecule has 4 aromatic rings. The molecule has 3 aromatic carbocycles. The second-order valence-corrected chi connectivity index (χ2v) is 6.82. The molecule has 0 aliphatic rings. The van der Waals surface area contributed by atoms with Gasteiger partial charge in [-0.3, -0.25) is 0 Å². The first-order chi connectivity index (χ1) is 14.9. The maximum Gasteiger partial charge on any atom is 0.416 e. The molecule has 1 N–H and O–H groups in total. The minimum Gasteiger partial charge on any atom is -0.493 e. The topological polar surface area (TPSA) is 47.1 Å². The summed E-state index contributed by atoms with van der Waals surface area (Å²) in [5.41, 5.74) is 2.24. The lowest BCUT2D eigenvalue weighted by Gasteiger charge is -2.09. The van der Waals surface area contributed by atoms with E-state index >= 15 is 0 Å². The van der Waals surface area contributed by atoms with Crippen molar-refractivity contribution in [1.82, 2.24) is 9.97 Å². The summed E-state index contributed by atoms with van der Waals surface area (Å²) in [4.78, 5) is 7.93. The van der Waals surface area contributed by atoms with Crippen molar-refractivity contribution in [2.75, 3.05) is 14.2 Å². The van der Waals surface area contributed by atoms with Gasteiger partial charge >= 0.3 is 6.18 Å². The van der Waals surface area contributed by atoms with Gasteiger partial charge in [-0.05, 0) is 30.3 Å². The summed E-state index contributed by atoms with van der Waals surface area (Å²) in [6.45, 7) is 0. The fourth-order valence-electron chi connectivity index (χ4n) is 3.36. The van der Waals surface area contributed by atoms with Gasteiger partial charge in [0.05, 0.1) is 31.2 Å². The highest BCUT2D eigenvalue weighted by Crippen LogP contribution is 2.38. The van der Waals surface area contributed by atoms with Crippen LogP contribution in [0.15, 0.2) is 72.8 Å². The van der Waals surface area contributed by atoms with Crippen molar-refractivity contribution < 1.29 is 22.6 Å². The third kappa shape index (κ3) is 4.12. The van der Waals surface area contributed by atoms with Gasteiger partial charge in [-0.1, -0.05) is 42.5 Å². The normalized spacial score (nSPS) is 11.4. The zero-order chi connectivity index (χ0) is 22.0. The Balaban J connectivity index is 1.89. The lowest BCUT2D eigenvalue weighted by atomic mass is 10.0. The number of aromatic nitrogens is 2. The fourth-order valence-corrected chi connectivity index (χ4v) is 3.36. The van der Waals surface area contributed by atoms with Crippen molar-refractivity contribution in [2.24, 2.45) is 0 Å². The van der Waals surface area contributed by atoms with E-state index in [0.29, 0.717) is 39.8 Å². The minimum atomic E-state index is -4.44. The molecule has 0 amide bonds. The van der Waals surface area contributed by atoms with E-state index in [1.807, 2.05) is 36.4 Å². The lowest BCUT2D eigenvalue weighted by Crippen LogP contribution is -2.04. The number of methoxy groups -OCH3 is 2. The summed E-state index contributed by atoms with van der Waals surface area (Å²) in [5.74, 6) is 1.60. The zero-order valence-electron chi connectivity index (χ0n) is 16.8. The Labute approximate surface area is 177 Å². The number of aromatic amines is 1. The molecule has 158 valence electrons. The van der Waals surface area contributed by atoms with Crippen LogP contribution in [0.3, 0.4) is 0 Å². The number of rotatable bonds is 5. The van der Waals surface area contributed by atoms with Crippen LogP contribution in [0, 0.1) is 0 Å². The Morgan fingerprint density at radius 2 is 1.45 bits per heavy atom. The summed E-state index contributed by atoms with van der Waals surface area (Å²) >= 11 is 0. The van der Waals surface area contributed by atoms with Crippen molar-refractivity contribution in [2.45, 2.75) is 6.18 Å². The van der Waals surface area contributed by atoms with Crippen molar-refractivity contribution in [1.29, 1.82) is 0 Å². The lowest BCUT2D eigenvalue weighted by molar-refractivity contribution is -0.137. The van der Waals surface area contributed by atoms with Gasteiger partial charge in [-0.2, -0.15) is 13.2 Å². The van der Waals surface area contributed by atoms with E-state index in [0.717, 1.165) is 17.7 Å². The predicted octanol–water partition coefficient (Wildman–Crippen LogP) is 6.45. The number of alkyl halides is 3. The highest BCUT2D eigenvalue weighted by atomic mass is 19.4. The number of imidazole rings is 1. The predicted molar refractivity (Wildman–Crippen MR) is 113 cm³/mol. The molecular weight excluding hydrogens is 405 g/mol. The van der Waals surface area contributed by atoms with Crippen molar-refractivity contribution in [3.63, 3.8) is 0 Å². The molecule has 0 aliphatic heterocycles. The van der Waals surface area contributed by atoms with Crippen molar-refractivity contribution >= 4 is 0 Å². The molecule has 1 heterocycles. The van der Waals surface area contributed by atoms with E-state index in [-0.39, 0.29) is 0 Å². The number of nitrogens with one attached hydrogen (secondary N) is 1. The quantitative estimate of drug-likeness (QED) is 0.401. The molecule has 0 bridgehead atoms. The van der Waals surface area contributed by atoms with E-state index in [9.17, 15) is 13.2 Å². The van der Waals surface area contributed by atoms with Crippen molar-refractivity contribution in [3.8, 4) is 45.4 Å². The summed E-state index contributed by atoms with van der Waals surface area (Å²) in [5, 5.41) is 0. The van der Waals surface area contributed by atoms with Gasteiger partial charge in [0.2, 0.25) is 0 Å². The highest BCUT2D eigenvalue weighted by molar-refractivity contribution is 5.81. The molecule has 31 heavy (non-hydrogen) atoms. The maximum absolute atomic E-state index is 13.3. The molecule has 1 aromatic heterocycles. The van der Waals surface area contributed by atoms with Crippen LogP contribution in [0.25, 0.3) is 33.9 Å². The molecule has 0 atom stereocenters. The molecule has 0 saturated carbocycles. The van der Waals surface area contributed by atoms with Gasteiger partial charge in [0.1, 0.15) is 5.82 Å². The van der Waals surface area contributed by atoms with Gasteiger partial charge in [0.15, 0.2) is 11.5 Å². The second kappa shape index (κ2) is 8.18. The molecule has 0 aliphatic carbocycles. The average Bonchev–Trinajstić information content (AvgIpc) is 3.24. The fraction of sp³-hybridized carbons (Fsp3) is 0.125. The summed E-state index contributed by atoms with van der Waals surface area (Å²) in [6, 6.07) is 19.9. The molecule has 4 rings (SSSR count). The first-order valence-electron chi connectivity index (χ1n) is 9.46. The molecule has 4 nitrogen and oxygen atoms in total. The van der Waals surface area contributed by atoms with E-state index in [1.54, 1.807) is 25.3 Å². The van der Waals surface area contributed by atoms with Crippen LogP contribution >= 0.6 is 0 Å². The third-order valence-corrected chi connectivity index (χ3v) is 4.89. The van der Waals surface area contributed by atoms with E-state index in [2.05, 4.69) is 9.97 Å². The minimum absolute atomic E-state index is 0.372. The third-order valence-electron chi connectivity index (χ3n) is 4.89. The smallest absolute Gasteiger partial charge is 0.416 e. The number of ether oxygens (including phenoxy) is 2. The summed E-state index contributed by atoms with van der Waals surface area (Å²) < 4.78 is 50.5. The number of hydrogen-bond acceptors (Lipinski definition) is 3. The van der Waals surface area contributed by atoms with Crippen LogP contribution in [-0.2, 0) is 6.18 Å². The van der Waals surface area contributed by atoms with E-state index in [1.165, 1.54) is 13.2 Å². The zero-order valence-corrected chi connectivity index (χ0v) is 16.8. The molecule has 0 spiro atoms. The Morgan fingerprint density at radius 3 is 2.13 bits per heavy atom. The molecule has 0 saturated heterocycles. The number of hydrogen-bond donors (Lipinski definition) is 1. The van der Waals surface area contributed by atoms with Crippen LogP contribution in [0.5, 0.6) is 11.5 Å². The number of benzene rings is 3. The van der Waals surface area contributed by atoms with Crippen LogP contribution in [0.2, 0.25) is 0 Å². The summed E-state index contributed by atoms with van der Waals surface area (Å²) in [7, 11) is 3.08. The Kier molecular flexibility index (Phi) is 5.42. The van der Waals surface area contributed by atoms with Crippen LogP contribution in [0.4, 0.5) is 13.2 Å². The molecule has 0 radical (unpaired) electrons. The SMILES string of the molecule is COc1ccc(-c2nc(-c3cccc(C(F)(F)F)c3)c(-c3ccccc3)[nH]2)cc1OC. The Morgan fingerprint density at radius 1 is 0.742 bits per heavy atom. The number of H-pyrrole nitrogens is 1. The molecule has 7 heteroatoms.